The number of piperazine rings is 1. The second-order valence-electron chi connectivity index (χ2n) is 16.9. The molecule has 64 heavy (non-hydrogen) atoms. The lowest BCUT2D eigenvalue weighted by Crippen LogP contribution is -2.46. The van der Waals surface area contributed by atoms with E-state index in [-0.39, 0.29) is 58.8 Å². The van der Waals surface area contributed by atoms with Gasteiger partial charge in [0.05, 0.1) is 40.3 Å². The van der Waals surface area contributed by atoms with Gasteiger partial charge in [-0.1, -0.05) is 32.9 Å². The third kappa shape index (κ3) is 8.31. The molecule has 17 heteroatoms. The van der Waals surface area contributed by atoms with Crippen LogP contribution in [0, 0.1) is 5.41 Å². The van der Waals surface area contributed by atoms with Crippen LogP contribution in [0.1, 0.15) is 78.2 Å². The van der Waals surface area contributed by atoms with Crippen molar-refractivity contribution in [3.63, 3.8) is 0 Å². The molecule has 5 heterocycles. The number of ether oxygens (including phenoxy) is 2. The van der Waals surface area contributed by atoms with Crippen molar-refractivity contribution >= 4 is 40.5 Å². The van der Waals surface area contributed by atoms with Crippen LogP contribution in [0.5, 0.6) is 17.2 Å². The second kappa shape index (κ2) is 17.7. The number of amides is 3. The number of benzene rings is 3. The number of aromatic hydroxyl groups is 3. The number of urea groups is 1. The Kier molecular flexibility index (Phi) is 12.0. The Hall–Kier alpha value is -6.98. The van der Waals surface area contributed by atoms with Crippen molar-refractivity contribution < 1.29 is 39.2 Å². The number of hydrogen-bond acceptors (Lipinski definition) is 13. The number of pyridine rings is 2. The number of carbonyl (C=O) groups is 3. The first-order valence-corrected chi connectivity index (χ1v) is 21.4. The number of aryl methyl sites for hydroxylation is 1. The number of amidine groups is 1. The summed E-state index contributed by atoms with van der Waals surface area (Å²) in [5.41, 5.74) is 11.6. The van der Waals surface area contributed by atoms with Crippen molar-refractivity contribution in [2.75, 3.05) is 51.2 Å². The standard InChI is InChI=1S/C47H52N8O9/c1-5-30-32-19-29(56)11-12-37(32)50-41-35(30)24-54-38(41)21-33-36(44(54)59)25-63-45(60)42(33)64-47(62)51(4)13-6-14-52-15-17-53(18-16-52)23-27-7-9-28(10-8-27)55(46(49)61)43(48)34-20-31(26(2)3)39(57)22-40(34)58/h7-12,19-22,26,42,48,56-58H,5-6,13-18,23-25H2,1-4H3,(H2,49,61). The molecule has 0 radical (unpaired) electrons. The number of anilines is 1. The minimum atomic E-state index is -1.41. The minimum Gasteiger partial charge on any atom is -0.508 e. The quantitative estimate of drug-likeness (QED) is 0.0617. The van der Waals surface area contributed by atoms with Gasteiger partial charge >= 0.3 is 18.1 Å². The normalized spacial score (nSPS) is 16.0. The van der Waals surface area contributed by atoms with Crippen LogP contribution in [-0.2, 0) is 40.4 Å². The highest BCUT2D eigenvalue weighted by molar-refractivity contribution is 6.22. The van der Waals surface area contributed by atoms with Gasteiger partial charge < -0.3 is 44.9 Å². The summed E-state index contributed by atoms with van der Waals surface area (Å²) < 4.78 is 12.7. The van der Waals surface area contributed by atoms with Gasteiger partial charge in [-0.25, -0.2) is 24.3 Å². The van der Waals surface area contributed by atoms with Crippen molar-refractivity contribution in [1.29, 1.82) is 5.41 Å². The molecule has 1 unspecified atom stereocenters. The van der Waals surface area contributed by atoms with Crippen LogP contribution in [0.4, 0.5) is 15.3 Å². The predicted molar refractivity (Wildman–Crippen MR) is 239 cm³/mol. The topological polar surface area (TPSA) is 228 Å². The molecule has 0 aliphatic carbocycles. The zero-order chi connectivity index (χ0) is 45.6. The lowest BCUT2D eigenvalue weighted by atomic mass is 9.97. The molecule has 17 nitrogen and oxygen atoms in total. The summed E-state index contributed by atoms with van der Waals surface area (Å²) in [6.07, 6.45) is -0.809. The Morgan fingerprint density at radius 1 is 0.969 bits per heavy atom. The summed E-state index contributed by atoms with van der Waals surface area (Å²) in [6, 6.07) is 15.7. The van der Waals surface area contributed by atoms with Crippen LogP contribution in [0.2, 0.25) is 0 Å². The van der Waals surface area contributed by atoms with E-state index in [0.717, 1.165) is 59.7 Å². The molecule has 0 saturated carbocycles. The number of esters is 1. The smallest absolute Gasteiger partial charge is 0.410 e. The number of primary amides is 1. The van der Waals surface area contributed by atoms with Gasteiger partial charge in [0.2, 0.25) is 6.10 Å². The summed E-state index contributed by atoms with van der Waals surface area (Å²) in [4.78, 5) is 64.9. The average molecular weight is 873 g/mol. The van der Waals surface area contributed by atoms with Crippen LogP contribution < -0.4 is 16.2 Å². The number of aromatic nitrogens is 2. The summed E-state index contributed by atoms with van der Waals surface area (Å²) in [5, 5.41) is 40.5. The third-order valence-electron chi connectivity index (χ3n) is 12.4. The predicted octanol–water partition coefficient (Wildman–Crippen LogP) is 5.51. The maximum Gasteiger partial charge on any atom is 0.410 e. The monoisotopic (exact) mass is 872 g/mol. The number of phenols is 3. The van der Waals surface area contributed by atoms with Crippen molar-refractivity contribution in [1.82, 2.24) is 24.3 Å². The van der Waals surface area contributed by atoms with E-state index in [1.165, 1.54) is 17.0 Å². The molecule has 3 aliphatic rings. The summed E-state index contributed by atoms with van der Waals surface area (Å²) >= 11 is 0. The van der Waals surface area contributed by atoms with Gasteiger partial charge in [0.1, 0.15) is 29.7 Å². The lowest BCUT2D eigenvalue weighted by molar-refractivity contribution is -0.158. The Morgan fingerprint density at radius 2 is 1.69 bits per heavy atom. The number of cyclic esters (lactones) is 1. The molecule has 3 aromatic carbocycles. The summed E-state index contributed by atoms with van der Waals surface area (Å²) in [7, 11) is 1.61. The first kappa shape index (κ1) is 43.7. The first-order valence-electron chi connectivity index (χ1n) is 21.4. The van der Waals surface area contributed by atoms with Crippen LogP contribution in [0.3, 0.4) is 0 Å². The Morgan fingerprint density at radius 3 is 2.38 bits per heavy atom. The van der Waals surface area contributed by atoms with E-state index in [1.54, 1.807) is 48.0 Å². The zero-order valence-corrected chi connectivity index (χ0v) is 36.3. The molecule has 1 fully saturated rings. The van der Waals surface area contributed by atoms with E-state index >= 15 is 0 Å². The molecule has 3 amide bonds. The number of carbonyl (C=O) groups excluding carboxylic acids is 3. The molecular formula is C47H52N8O9. The number of nitrogens with two attached hydrogens (primary N) is 1. The summed E-state index contributed by atoms with van der Waals surface area (Å²) in [5.74, 6) is -1.45. The molecule has 0 bridgehead atoms. The number of nitrogens with zero attached hydrogens (tertiary/aromatic N) is 6. The molecule has 6 N–H and O–H groups in total. The van der Waals surface area contributed by atoms with Crippen molar-refractivity contribution in [2.45, 2.75) is 65.3 Å². The van der Waals surface area contributed by atoms with E-state index in [1.807, 2.05) is 32.9 Å². The van der Waals surface area contributed by atoms with Crippen LogP contribution in [-0.4, -0.2) is 110 Å². The van der Waals surface area contributed by atoms with Crippen molar-refractivity contribution in [2.24, 2.45) is 5.73 Å². The Labute approximate surface area is 369 Å². The number of phenolic OH excluding ortho intramolecular Hbond substituents is 3. The first-order chi connectivity index (χ1) is 30.6. The fourth-order valence-electron chi connectivity index (χ4n) is 8.92. The van der Waals surface area contributed by atoms with Crippen LogP contribution in [0.25, 0.3) is 22.3 Å². The van der Waals surface area contributed by atoms with Gasteiger partial charge in [0, 0.05) is 68.9 Å². The highest BCUT2D eigenvalue weighted by Gasteiger charge is 2.38. The number of fused-ring (bicyclic) bond motifs is 5. The molecule has 5 aromatic rings. The number of hydrogen-bond donors (Lipinski definition) is 5. The van der Waals surface area contributed by atoms with Gasteiger partial charge in [-0.3, -0.25) is 15.1 Å². The van der Waals surface area contributed by atoms with Crippen molar-refractivity contribution in [3.8, 4) is 28.6 Å². The fraction of sp³-hybridized carbons (Fsp3) is 0.362. The highest BCUT2D eigenvalue weighted by Crippen LogP contribution is 2.40. The minimum absolute atomic E-state index is 0.0714. The molecule has 1 atom stereocenters. The van der Waals surface area contributed by atoms with Gasteiger partial charge in [-0.2, -0.15) is 0 Å². The molecular weight excluding hydrogens is 821 g/mol. The van der Waals surface area contributed by atoms with Gasteiger partial charge in [-0.05, 0) is 84.5 Å². The SMILES string of the molecule is CCc1c2c(nc3ccc(O)cc13)-c1cc3c(c(=O)n1C2)COC(=O)C3OC(=O)N(C)CCCN1CCN(Cc2ccc(N(C(=N)c3cc(C(C)C)c(O)cc3O)C(N)=O)cc2)CC1. The molecule has 2 aromatic heterocycles. The number of nitrogens with one attached hydrogen (secondary N) is 1. The zero-order valence-electron chi connectivity index (χ0n) is 36.3. The largest absolute Gasteiger partial charge is 0.508 e. The second-order valence-corrected chi connectivity index (χ2v) is 16.9. The van der Waals surface area contributed by atoms with E-state index in [9.17, 15) is 34.5 Å². The van der Waals surface area contributed by atoms with E-state index in [2.05, 4.69) is 9.80 Å². The van der Waals surface area contributed by atoms with Crippen molar-refractivity contribution in [3.05, 3.63) is 110 Å². The molecule has 8 rings (SSSR count). The van der Waals surface area contributed by atoms with Crippen LogP contribution in [0.15, 0.2) is 65.5 Å². The van der Waals surface area contributed by atoms with Gasteiger partial charge in [0.25, 0.3) is 5.56 Å². The molecule has 0 spiro atoms. The molecule has 3 aliphatic heterocycles. The van der Waals surface area contributed by atoms with Gasteiger partial charge in [0.15, 0.2) is 0 Å². The maximum atomic E-state index is 13.9. The lowest BCUT2D eigenvalue weighted by Gasteiger charge is -2.35. The number of rotatable bonds is 11. The third-order valence-corrected chi connectivity index (χ3v) is 12.4. The fourth-order valence-corrected chi connectivity index (χ4v) is 8.92. The van der Waals surface area contributed by atoms with Crippen LogP contribution >= 0.6 is 0 Å². The van der Waals surface area contributed by atoms with Gasteiger partial charge in [-0.15, -0.1) is 0 Å². The maximum absolute atomic E-state index is 13.9. The van der Waals surface area contributed by atoms with E-state index < -0.39 is 24.2 Å². The highest BCUT2D eigenvalue weighted by atomic mass is 16.6. The molecule has 334 valence electrons. The van der Waals surface area contributed by atoms with E-state index in [0.29, 0.717) is 59.7 Å². The Bertz CT molecular complexity index is 2740. The average Bonchev–Trinajstić information content (AvgIpc) is 3.63. The Balaban J connectivity index is 0.841. The van der Waals surface area contributed by atoms with E-state index in [4.69, 9.17) is 25.6 Å². The molecule has 1 saturated heterocycles. The summed E-state index contributed by atoms with van der Waals surface area (Å²) in [6.45, 7) is 10.8.